The minimum absolute atomic E-state index is 0.0549. The summed E-state index contributed by atoms with van der Waals surface area (Å²) in [5.41, 5.74) is 2.66. The molecule has 1 unspecified atom stereocenters. The first-order valence-electron chi connectivity index (χ1n) is 8.32. The van der Waals surface area contributed by atoms with E-state index in [1.165, 1.54) is 11.8 Å². The number of nitrogens with zero attached hydrogens (tertiary/aromatic N) is 5. The van der Waals surface area contributed by atoms with Crippen molar-refractivity contribution in [2.75, 3.05) is 32.1 Å². The minimum Gasteiger partial charge on any atom is -0.364 e. The van der Waals surface area contributed by atoms with E-state index in [9.17, 15) is 4.79 Å². The minimum atomic E-state index is -0.0573. The monoisotopic (exact) mass is 327 g/mol. The highest BCUT2D eigenvalue weighted by atomic mass is 16.5. The maximum absolute atomic E-state index is 12.7. The van der Waals surface area contributed by atoms with Gasteiger partial charge in [0.25, 0.3) is 5.91 Å². The first-order valence-corrected chi connectivity index (χ1v) is 8.32. The molecule has 1 fully saturated rings. The number of rotatable bonds is 2. The number of carbonyl (C=O) groups is 1. The van der Waals surface area contributed by atoms with Crippen LogP contribution in [0.4, 0.5) is 5.95 Å². The molecule has 7 nitrogen and oxygen atoms in total. The van der Waals surface area contributed by atoms with Crippen LogP contribution in [0.15, 0.2) is 23.0 Å². The summed E-state index contributed by atoms with van der Waals surface area (Å²) >= 11 is 0. The Balaban J connectivity index is 1.65. The van der Waals surface area contributed by atoms with Crippen LogP contribution < -0.4 is 4.90 Å². The number of aromatic nitrogens is 3. The normalized spacial score (nSPS) is 22.7. The van der Waals surface area contributed by atoms with Gasteiger partial charge in [-0.25, -0.2) is 9.97 Å². The third-order valence-electron chi connectivity index (χ3n) is 5.15. The van der Waals surface area contributed by atoms with Crippen LogP contribution in [0, 0.1) is 0 Å². The molecule has 0 saturated carbocycles. The maximum atomic E-state index is 12.7. The van der Waals surface area contributed by atoms with Crippen molar-refractivity contribution in [1.82, 2.24) is 20.0 Å². The second-order valence-electron chi connectivity index (χ2n) is 6.93. The number of hydrogen-bond donors (Lipinski definition) is 0. The average Bonchev–Trinajstić information content (AvgIpc) is 3.23. The fourth-order valence-corrected chi connectivity index (χ4v) is 3.93. The lowest BCUT2D eigenvalue weighted by Gasteiger charge is -2.40. The molecule has 0 aromatic carbocycles. The molecule has 1 spiro atoms. The van der Waals surface area contributed by atoms with Crippen molar-refractivity contribution in [3.8, 4) is 0 Å². The number of fused-ring (bicyclic) bond motifs is 2. The number of aryl methyl sites for hydroxylation is 1. The highest BCUT2D eigenvalue weighted by Crippen LogP contribution is 2.44. The van der Waals surface area contributed by atoms with Crippen LogP contribution in [0.25, 0.3) is 0 Å². The molecule has 2 aromatic heterocycles. The molecule has 3 heterocycles. The van der Waals surface area contributed by atoms with E-state index in [4.69, 9.17) is 9.51 Å². The first-order chi connectivity index (χ1) is 11.6. The van der Waals surface area contributed by atoms with Gasteiger partial charge in [0, 0.05) is 44.9 Å². The predicted molar refractivity (Wildman–Crippen MR) is 88.0 cm³/mol. The zero-order valence-electron chi connectivity index (χ0n) is 14.0. The van der Waals surface area contributed by atoms with Crippen molar-refractivity contribution in [1.29, 1.82) is 0 Å². The number of likely N-dealkylation sites (tertiary alicyclic amines) is 1. The lowest BCUT2D eigenvalue weighted by molar-refractivity contribution is 0.0623. The molecule has 24 heavy (non-hydrogen) atoms. The summed E-state index contributed by atoms with van der Waals surface area (Å²) in [6, 6.07) is 1.62. The first kappa shape index (κ1) is 15.1. The van der Waals surface area contributed by atoms with Crippen LogP contribution in [0.3, 0.4) is 0 Å². The highest BCUT2D eigenvalue weighted by Gasteiger charge is 2.45. The van der Waals surface area contributed by atoms with Crippen LogP contribution in [-0.2, 0) is 11.8 Å². The van der Waals surface area contributed by atoms with Gasteiger partial charge in [0.2, 0.25) is 5.95 Å². The molecule has 0 N–H and O–H groups in total. The zero-order chi connectivity index (χ0) is 16.7. The number of anilines is 1. The number of hydrogen-bond acceptors (Lipinski definition) is 6. The lowest BCUT2D eigenvalue weighted by Crippen LogP contribution is -2.48. The van der Waals surface area contributed by atoms with Crippen LogP contribution in [0.5, 0.6) is 0 Å². The van der Waals surface area contributed by atoms with Gasteiger partial charge >= 0.3 is 0 Å². The SMILES string of the molecule is CN(C)c1ncc2c(n1)C1(CCCN(C(=O)c3ccon3)C1)CC2. The summed E-state index contributed by atoms with van der Waals surface area (Å²) in [4.78, 5) is 25.7. The summed E-state index contributed by atoms with van der Waals surface area (Å²) in [6.07, 6.45) is 7.43. The Bertz CT molecular complexity index is 754. The van der Waals surface area contributed by atoms with Gasteiger partial charge in [0.15, 0.2) is 5.69 Å². The van der Waals surface area contributed by atoms with Crippen LogP contribution in [-0.4, -0.2) is 53.1 Å². The van der Waals surface area contributed by atoms with E-state index in [1.54, 1.807) is 6.07 Å². The molecule has 4 rings (SSSR count). The Morgan fingerprint density at radius 2 is 2.25 bits per heavy atom. The smallest absolute Gasteiger partial charge is 0.276 e. The topological polar surface area (TPSA) is 75.4 Å². The second-order valence-corrected chi connectivity index (χ2v) is 6.93. The molecule has 1 aliphatic heterocycles. The van der Waals surface area contributed by atoms with Crippen molar-refractivity contribution in [2.45, 2.75) is 31.1 Å². The molecular weight excluding hydrogens is 306 g/mol. The van der Waals surface area contributed by atoms with Crippen LogP contribution in [0.2, 0.25) is 0 Å². The summed E-state index contributed by atoms with van der Waals surface area (Å²) in [5.74, 6) is 0.674. The number of piperidine rings is 1. The fourth-order valence-electron chi connectivity index (χ4n) is 3.93. The molecule has 7 heteroatoms. The summed E-state index contributed by atoms with van der Waals surface area (Å²) in [5, 5.41) is 3.79. The third-order valence-corrected chi connectivity index (χ3v) is 5.15. The van der Waals surface area contributed by atoms with E-state index in [2.05, 4.69) is 10.1 Å². The molecular formula is C17H21N5O2. The van der Waals surface area contributed by atoms with Crippen molar-refractivity contribution >= 4 is 11.9 Å². The van der Waals surface area contributed by atoms with Gasteiger partial charge in [-0.1, -0.05) is 5.16 Å². The molecule has 1 amide bonds. The average molecular weight is 327 g/mol. The van der Waals surface area contributed by atoms with Gasteiger partial charge in [0.1, 0.15) is 6.26 Å². The van der Waals surface area contributed by atoms with Crippen molar-refractivity contribution in [2.24, 2.45) is 0 Å². The molecule has 0 radical (unpaired) electrons. The van der Waals surface area contributed by atoms with Crippen molar-refractivity contribution in [3.05, 3.63) is 35.5 Å². The second kappa shape index (κ2) is 5.58. The zero-order valence-corrected chi connectivity index (χ0v) is 14.0. The third kappa shape index (κ3) is 2.35. The Labute approximate surface area is 140 Å². The summed E-state index contributed by atoms with van der Waals surface area (Å²) < 4.78 is 4.82. The Hall–Kier alpha value is -2.44. The standard InChI is InChI=1S/C17H21N5O2/c1-21(2)16-18-10-12-4-7-17(14(12)19-16)6-3-8-22(11-17)15(23)13-5-9-24-20-13/h5,9-10H,3-4,6-8,11H2,1-2H3. The molecule has 1 atom stereocenters. The molecule has 126 valence electrons. The van der Waals surface area contributed by atoms with Gasteiger partial charge in [-0.05, 0) is 31.2 Å². The van der Waals surface area contributed by atoms with E-state index >= 15 is 0 Å². The van der Waals surface area contributed by atoms with E-state index < -0.39 is 0 Å². The van der Waals surface area contributed by atoms with Crippen molar-refractivity contribution in [3.63, 3.8) is 0 Å². The lowest BCUT2D eigenvalue weighted by atomic mass is 9.77. The predicted octanol–water partition coefficient (Wildman–Crippen LogP) is 1.65. The van der Waals surface area contributed by atoms with E-state index in [1.807, 2.05) is 30.1 Å². The number of carbonyl (C=O) groups excluding carboxylic acids is 1. The Kier molecular flexibility index (Phi) is 3.51. The molecule has 2 aliphatic rings. The quantitative estimate of drug-likeness (QED) is 0.835. The largest absolute Gasteiger partial charge is 0.364 e. The molecule has 1 saturated heterocycles. The molecule has 2 aromatic rings. The summed E-state index contributed by atoms with van der Waals surface area (Å²) in [7, 11) is 3.90. The van der Waals surface area contributed by atoms with Crippen LogP contribution in [0.1, 0.15) is 41.0 Å². The van der Waals surface area contributed by atoms with Gasteiger partial charge in [-0.15, -0.1) is 0 Å². The maximum Gasteiger partial charge on any atom is 0.276 e. The molecule has 1 aliphatic carbocycles. The fraction of sp³-hybridized carbons (Fsp3) is 0.529. The molecule has 0 bridgehead atoms. The Morgan fingerprint density at radius 3 is 3.00 bits per heavy atom. The number of amides is 1. The Morgan fingerprint density at radius 1 is 1.38 bits per heavy atom. The van der Waals surface area contributed by atoms with E-state index in [0.717, 1.165) is 43.9 Å². The van der Waals surface area contributed by atoms with Crippen molar-refractivity contribution < 1.29 is 9.32 Å². The van der Waals surface area contributed by atoms with Gasteiger partial charge in [-0.2, -0.15) is 0 Å². The highest BCUT2D eigenvalue weighted by molar-refractivity contribution is 5.92. The van der Waals surface area contributed by atoms with Gasteiger partial charge < -0.3 is 14.3 Å². The van der Waals surface area contributed by atoms with Gasteiger partial charge in [-0.3, -0.25) is 4.79 Å². The van der Waals surface area contributed by atoms with Crippen LogP contribution >= 0.6 is 0 Å². The summed E-state index contributed by atoms with van der Waals surface area (Å²) in [6.45, 7) is 1.45. The van der Waals surface area contributed by atoms with Gasteiger partial charge in [0.05, 0.1) is 5.69 Å². The van der Waals surface area contributed by atoms with E-state index in [-0.39, 0.29) is 11.3 Å². The van der Waals surface area contributed by atoms with E-state index in [0.29, 0.717) is 12.2 Å².